The van der Waals surface area contributed by atoms with Gasteiger partial charge in [-0.2, -0.15) is 0 Å². The maximum atomic E-state index is 11.6. The molecule has 2 rings (SSSR count). The monoisotopic (exact) mass is 238 g/mol. The van der Waals surface area contributed by atoms with Crippen molar-refractivity contribution in [2.45, 2.75) is 12.8 Å². The van der Waals surface area contributed by atoms with E-state index in [0.717, 1.165) is 11.3 Å². The van der Waals surface area contributed by atoms with E-state index < -0.39 is 5.91 Å². The number of carbonyl (C=O) groups is 2. The molecule has 1 aromatic carbocycles. The number of nitrogens with two attached hydrogens (primary N) is 1. The zero-order valence-corrected chi connectivity index (χ0v) is 9.25. The lowest BCUT2D eigenvalue weighted by Gasteiger charge is -2.23. The lowest BCUT2D eigenvalue weighted by Crippen LogP contribution is -2.33. The maximum Gasteiger partial charge on any atom is 0.228 e. The first kappa shape index (κ1) is 11.0. The van der Waals surface area contributed by atoms with Crippen molar-refractivity contribution in [1.82, 2.24) is 0 Å². The van der Waals surface area contributed by atoms with Gasteiger partial charge in [-0.3, -0.25) is 9.59 Å². The Morgan fingerprint density at radius 2 is 2.31 bits per heavy atom. The largest absolute Gasteiger partial charge is 0.370 e. The van der Waals surface area contributed by atoms with E-state index in [1.807, 2.05) is 0 Å². The molecule has 0 fully saturated rings. The third-order valence-corrected chi connectivity index (χ3v) is 2.84. The molecule has 0 bridgehead atoms. The van der Waals surface area contributed by atoms with Gasteiger partial charge in [0.15, 0.2) is 0 Å². The van der Waals surface area contributed by atoms with Crippen molar-refractivity contribution in [3.05, 3.63) is 28.8 Å². The molecule has 0 radical (unpaired) electrons. The minimum Gasteiger partial charge on any atom is -0.370 e. The molecule has 0 saturated carbocycles. The highest BCUT2D eigenvalue weighted by Crippen LogP contribution is 2.29. The summed E-state index contributed by atoms with van der Waals surface area (Å²) in [5.41, 5.74) is 6.79. The van der Waals surface area contributed by atoms with Crippen LogP contribution in [0.5, 0.6) is 0 Å². The van der Waals surface area contributed by atoms with Gasteiger partial charge in [0, 0.05) is 17.1 Å². The van der Waals surface area contributed by atoms with Crippen molar-refractivity contribution in [3.63, 3.8) is 0 Å². The molecular formula is C11H11ClN2O2. The zero-order chi connectivity index (χ0) is 11.7. The van der Waals surface area contributed by atoms with Gasteiger partial charge in [0.2, 0.25) is 11.8 Å². The standard InChI is InChI=1S/C11H11ClN2O2/c12-8-1-2-9-6(4-8)3-7(5-10(13)15)11(16)14-9/h1-2,4,7H,3,5H2,(H2,13,15)(H,14,16). The Hall–Kier alpha value is -1.55. The molecule has 1 aliphatic rings. The molecule has 0 spiro atoms. The summed E-state index contributed by atoms with van der Waals surface area (Å²) in [6.45, 7) is 0. The number of nitrogens with one attached hydrogen (secondary N) is 1. The predicted octanol–water partition coefficient (Wildman–Crippen LogP) is 1.33. The molecule has 1 aromatic rings. The van der Waals surface area contributed by atoms with Crippen LogP contribution in [0.1, 0.15) is 12.0 Å². The smallest absolute Gasteiger partial charge is 0.228 e. The fraction of sp³-hybridized carbons (Fsp3) is 0.273. The number of rotatable bonds is 2. The lowest BCUT2D eigenvalue weighted by molar-refractivity contribution is -0.126. The van der Waals surface area contributed by atoms with Crippen LogP contribution in [0, 0.1) is 5.92 Å². The zero-order valence-electron chi connectivity index (χ0n) is 8.50. The first-order chi connectivity index (χ1) is 7.56. The molecule has 1 aliphatic heterocycles. The Labute approximate surface area is 97.8 Å². The van der Waals surface area contributed by atoms with Crippen LogP contribution in [0.2, 0.25) is 5.02 Å². The third kappa shape index (κ3) is 2.17. The van der Waals surface area contributed by atoms with Crippen LogP contribution in [0.4, 0.5) is 5.69 Å². The van der Waals surface area contributed by atoms with E-state index in [1.165, 1.54) is 0 Å². The average Bonchev–Trinajstić information content (AvgIpc) is 2.19. The van der Waals surface area contributed by atoms with Crippen molar-refractivity contribution < 1.29 is 9.59 Å². The van der Waals surface area contributed by atoms with E-state index in [9.17, 15) is 9.59 Å². The summed E-state index contributed by atoms with van der Waals surface area (Å²) in [7, 11) is 0. The van der Waals surface area contributed by atoms with E-state index in [4.69, 9.17) is 17.3 Å². The Morgan fingerprint density at radius 3 is 3.00 bits per heavy atom. The topological polar surface area (TPSA) is 72.2 Å². The van der Waals surface area contributed by atoms with E-state index in [1.54, 1.807) is 18.2 Å². The van der Waals surface area contributed by atoms with Crippen molar-refractivity contribution >= 4 is 29.1 Å². The summed E-state index contributed by atoms with van der Waals surface area (Å²) < 4.78 is 0. The second-order valence-corrected chi connectivity index (χ2v) is 4.30. The molecule has 1 heterocycles. The van der Waals surface area contributed by atoms with Gasteiger partial charge in [-0.1, -0.05) is 11.6 Å². The fourth-order valence-corrected chi connectivity index (χ4v) is 2.05. The number of benzene rings is 1. The number of amides is 2. The highest BCUT2D eigenvalue weighted by molar-refractivity contribution is 6.30. The fourth-order valence-electron chi connectivity index (χ4n) is 1.85. The highest BCUT2D eigenvalue weighted by Gasteiger charge is 2.27. The summed E-state index contributed by atoms with van der Waals surface area (Å²) in [5, 5.41) is 3.36. The van der Waals surface area contributed by atoms with Gasteiger partial charge in [-0.05, 0) is 30.2 Å². The summed E-state index contributed by atoms with van der Waals surface area (Å²) in [5.74, 6) is -1.01. The van der Waals surface area contributed by atoms with Gasteiger partial charge in [-0.25, -0.2) is 0 Å². The summed E-state index contributed by atoms with van der Waals surface area (Å²) in [6, 6.07) is 5.27. The van der Waals surface area contributed by atoms with Gasteiger partial charge in [-0.15, -0.1) is 0 Å². The molecule has 2 amide bonds. The highest BCUT2D eigenvalue weighted by atomic mass is 35.5. The number of anilines is 1. The molecule has 1 unspecified atom stereocenters. The van der Waals surface area contributed by atoms with Crippen molar-refractivity contribution in [2.75, 3.05) is 5.32 Å². The quantitative estimate of drug-likeness (QED) is 0.816. The number of carbonyl (C=O) groups excluding carboxylic acids is 2. The van der Waals surface area contributed by atoms with E-state index in [-0.39, 0.29) is 18.2 Å². The number of fused-ring (bicyclic) bond motifs is 1. The van der Waals surface area contributed by atoms with Crippen LogP contribution >= 0.6 is 11.6 Å². The first-order valence-electron chi connectivity index (χ1n) is 4.94. The Kier molecular flexibility index (Phi) is 2.83. The minimum atomic E-state index is -0.467. The Balaban J connectivity index is 2.26. The van der Waals surface area contributed by atoms with Crippen molar-refractivity contribution in [3.8, 4) is 0 Å². The number of hydrogen-bond donors (Lipinski definition) is 2. The Bertz CT molecular complexity index is 459. The number of hydrogen-bond acceptors (Lipinski definition) is 2. The molecule has 0 aliphatic carbocycles. The lowest BCUT2D eigenvalue weighted by atomic mass is 9.90. The van der Waals surface area contributed by atoms with Crippen LogP contribution in [0.15, 0.2) is 18.2 Å². The van der Waals surface area contributed by atoms with Gasteiger partial charge < -0.3 is 11.1 Å². The molecular weight excluding hydrogens is 228 g/mol. The molecule has 5 heteroatoms. The molecule has 16 heavy (non-hydrogen) atoms. The second-order valence-electron chi connectivity index (χ2n) is 3.86. The number of halogens is 1. The summed E-state index contributed by atoms with van der Waals surface area (Å²) in [6.07, 6.45) is 0.572. The summed E-state index contributed by atoms with van der Waals surface area (Å²) >= 11 is 5.86. The van der Waals surface area contributed by atoms with Crippen molar-refractivity contribution in [1.29, 1.82) is 0 Å². The van der Waals surface area contributed by atoms with Gasteiger partial charge in [0.05, 0.1) is 5.92 Å². The van der Waals surface area contributed by atoms with Crippen LogP contribution in [0.25, 0.3) is 0 Å². The molecule has 4 nitrogen and oxygen atoms in total. The van der Waals surface area contributed by atoms with Gasteiger partial charge in [0.25, 0.3) is 0 Å². The van der Waals surface area contributed by atoms with E-state index in [0.29, 0.717) is 11.4 Å². The molecule has 1 atom stereocenters. The van der Waals surface area contributed by atoms with E-state index in [2.05, 4.69) is 5.32 Å². The molecule has 84 valence electrons. The molecule has 3 N–H and O–H groups in total. The predicted molar refractivity (Wildman–Crippen MR) is 61.1 cm³/mol. The minimum absolute atomic E-state index is 0.0672. The average molecular weight is 239 g/mol. The SMILES string of the molecule is NC(=O)CC1Cc2cc(Cl)ccc2NC1=O. The molecule has 0 saturated heterocycles. The first-order valence-corrected chi connectivity index (χ1v) is 5.31. The summed E-state index contributed by atoms with van der Waals surface area (Å²) in [4.78, 5) is 22.4. The van der Waals surface area contributed by atoms with Crippen molar-refractivity contribution in [2.24, 2.45) is 11.7 Å². The van der Waals surface area contributed by atoms with Gasteiger partial charge in [0.1, 0.15) is 0 Å². The molecule has 0 aromatic heterocycles. The third-order valence-electron chi connectivity index (χ3n) is 2.61. The van der Waals surface area contributed by atoms with Crippen LogP contribution in [0.3, 0.4) is 0 Å². The second kappa shape index (κ2) is 4.14. The van der Waals surface area contributed by atoms with E-state index >= 15 is 0 Å². The maximum absolute atomic E-state index is 11.6. The van der Waals surface area contributed by atoms with Crippen LogP contribution in [-0.4, -0.2) is 11.8 Å². The van der Waals surface area contributed by atoms with Gasteiger partial charge >= 0.3 is 0 Å². The Morgan fingerprint density at radius 1 is 1.56 bits per heavy atom. The van der Waals surface area contributed by atoms with Crippen LogP contribution < -0.4 is 11.1 Å². The normalized spacial score (nSPS) is 18.8. The van der Waals surface area contributed by atoms with Crippen LogP contribution in [-0.2, 0) is 16.0 Å². The number of primary amides is 1.